The molecule has 4 heteroatoms. The van der Waals surface area contributed by atoms with Crippen LogP contribution in [0.1, 0.15) is 271 Å². The molecule has 0 saturated heterocycles. The van der Waals surface area contributed by atoms with E-state index >= 15 is 0 Å². The second-order valence-corrected chi connectivity index (χ2v) is 18.3. The SMILES string of the molecule is CC/C=C\C/C=C\C/C=C\C/C=C\C/C=C\CCCCCCCCCCCCCCCC(=O)NC(CO)C(O)/C=C/CCCCCCCCCCCCCCCCCCCCC. The molecule has 62 heavy (non-hydrogen) atoms. The number of aliphatic hydroxyl groups is 2. The highest BCUT2D eigenvalue weighted by atomic mass is 16.3. The van der Waals surface area contributed by atoms with Crippen LogP contribution in [0.3, 0.4) is 0 Å². The van der Waals surface area contributed by atoms with Crippen molar-refractivity contribution in [2.24, 2.45) is 0 Å². The van der Waals surface area contributed by atoms with Crippen molar-refractivity contribution in [3.8, 4) is 0 Å². The third kappa shape index (κ3) is 48.9. The summed E-state index contributed by atoms with van der Waals surface area (Å²) in [5.74, 6) is -0.0653. The van der Waals surface area contributed by atoms with Gasteiger partial charge in [-0.15, -0.1) is 0 Å². The van der Waals surface area contributed by atoms with E-state index in [2.05, 4.69) is 79.9 Å². The van der Waals surface area contributed by atoms with Crippen molar-refractivity contribution >= 4 is 5.91 Å². The summed E-state index contributed by atoms with van der Waals surface area (Å²) in [7, 11) is 0. The van der Waals surface area contributed by atoms with Gasteiger partial charge in [0.15, 0.2) is 0 Å². The molecule has 0 aliphatic rings. The van der Waals surface area contributed by atoms with E-state index < -0.39 is 12.1 Å². The van der Waals surface area contributed by atoms with E-state index in [0.717, 1.165) is 57.8 Å². The van der Waals surface area contributed by atoms with Crippen molar-refractivity contribution < 1.29 is 15.0 Å². The maximum atomic E-state index is 12.5. The summed E-state index contributed by atoms with van der Waals surface area (Å²) in [6, 6.07) is -0.626. The van der Waals surface area contributed by atoms with E-state index in [0.29, 0.717) is 6.42 Å². The van der Waals surface area contributed by atoms with E-state index in [1.165, 1.54) is 193 Å². The van der Waals surface area contributed by atoms with Crippen LogP contribution in [0.2, 0.25) is 0 Å². The van der Waals surface area contributed by atoms with Crippen molar-refractivity contribution in [3.63, 3.8) is 0 Å². The Morgan fingerprint density at radius 3 is 1.06 bits per heavy atom. The molecule has 0 aliphatic carbocycles. The molecule has 0 radical (unpaired) electrons. The van der Waals surface area contributed by atoms with Crippen LogP contribution in [0.4, 0.5) is 0 Å². The normalized spacial score (nSPS) is 13.4. The first kappa shape index (κ1) is 59.8. The quantitative estimate of drug-likeness (QED) is 0.0421. The molecule has 1 amide bonds. The lowest BCUT2D eigenvalue weighted by molar-refractivity contribution is -0.123. The third-order valence-electron chi connectivity index (χ3n) is 12.2. The van der Waals surface area contributed by atoms with Gasteiger partial charge in [0.2, 0.25) is 5.91 Å². The topological polar surface area (TPSA) is 69.6 Å². The lowest BCUT2D eigenvalue weighted by Gasteiger charge is -2.20. The van der Waals surface area contributed by atoms with Crippen molar-refractivity contribution in [2.75, 3.05) is 6.61 Å². The van der Waals surface area contributed by atoms with Crippen LogP contribution >= 0.6 is 0 Å². The number of amides is 1. The molecular weight excluding hydrogens is 759 g/mol. The lowest BCUT2D eigenvalue weighted by atomic mass is 10.0. The molecule has 4 nitrogen and oxygen atoms in total. The van der Waals surface area contributed by atoms with Gasteiger partial charge in [0, 0.05) is 6.42 Å². The highest BCUT2D eigenvalue weighted by Crippen LogP contribution is 2.16. The minimum atomic E-state index is -0.843. The van der Waals surface area contributed by atoms with Crippen LogP contribution in [0.5, 0.6) is 0 Å². The zero-order chi connectivity index (χ0) is 44.9. The fourth-order valence-electron chi connectivity index (χ4n) is 8.09. The van der Waals surface area contributed by atoms with Crippen molar-refractivity contribution in [1.82, 2.24) is 5.32 Å². The molecule has 0 aromatic carbocycles. The van der Waals surface area contributed by atoms with Crippen molar-refractivity contribution in [1.29, 1.82) is 0 Å². The molecule has 0 bridgehead atoms. The molecule has 3 N–H and O–H groups in total. The number of allylic oxidation sites excluding steroid dienone is 11. The van der Waals surface area contributed by atoms with E-state index in [-0.39, 0.29) is 12.5 Å². The molecule has 0 saturated carbocycles. The minimum Gasteiger partial charge on any atom is -0.394 e. The highest BCUT2D eigenvalue weighted by molar-refractivity contribution is 5.76. The van der Waals surface area contributed by atoms with E-state index in [9.17, 15) is 15.0 Å². The molecule has 0 aromatic heterocycles. The number of nitrogens with one attached hydrogen (secondary N) is 1. The Bertz CT molecular complexity index is 1070. The Morgan fingerprint density at radius 2 is 0.710 bits per heavy atom. The van der Waals surface area contributed by atoms with Gasteiger partial charge in [-0.3, -0.25) is 4.79 Å². The lowest BCUT2D eigenvalue weighted by Crippen LogP contribution is -2.45. The van der Waals surface area contributed by atoms with Gasteiger partial charge in [-0.05, 0) is 64.2 Å². The van der Waals surface area contributed by atoms with Gasteiger partial charge in [0.25, 0.3) is 0 Å². The van der Waals surface area contributed by atoms with E-state index in [1.807, 2.05) is 6.08 Å². The van der Waals surface area contributed by atoms with Gasteiger partial charge in [-0.1, -0.05) is 273 Å². The van der Waals surface area contributed by atoms with Crippen LogP contribution in [-0.4, -0.2) is 34.9 Å². The van der Waals surface area contributed by atoms with E-state index in [1.54, 1.807) is 6.08 Å². The maximum Gasteiger partial charge on any atom is 0.220 e. The zero-order valence-electron chi connectivity index (χ0n) is 41.4. The molecule has 0 spiro atoms. The number of hydrogen-bond donors (Lipinski definition) is 3. The Balaban J connectivity index is 3.53. The van der Waals surface area contributed by atoms with Crippen molar-refractivity contribution in [3.05, 3.63) is 72.9 Å². The summed E-state index contributed by atoms with van der Waals surface area (Å²) in [6.45, 7) is 4.21. The molecule has 0 fully saturated rings. The van der Waals surface area contributed by atoms with Crippen LogP contribution in [-0.2, 0) is 4.79 Å². The molecule has 0 rings (SSSR count). The Hall–Kier alpha value is -2.17. The Kier molecular flexibility index (Phi) is 51.3. The number of carbonyl (C=O) groups excluding carboxylic acids is 1. The fourth-order valence-corrected chi connectivity index (χ4v) is 8.09. The van der Waals surface area contributed by atoms with Gasteiger partial charge in [0.05, 0.1) is 18.8 Å². The second-order valence-electron chi connectivity index (χ2n) is 18.3. The largest absolute Gasteiger partial charge is 0.394 e. The summed E-state index contributed by atoms with van der Waals surface area (Å²) in [4.78, 5) is 12.5. The van der Waals surface area contributed by atoms with E-state index in [4.69, 9.17) is 0 Å². The average Bonchev–Trinajstić information content (AvgIpc) is 3.28. The van der Waals surface area contributed by atoms with Crippen LogP contribution in [0, 0.1) is 0 Å². The monoisotopic (exact) mass is 864 g/mol. The number of unbranched alkanes of at least 4 members (excludes halogenated alkanes) is 32. The predicted octanol–water partition coefficient (Wildman–Crippen LogP) is 17.8. The molecule has 0 aliphatic heterocycles. The second kappa shape index (κ2) is 53.2. The average molecular weight is 864 g/mol. The predicted molar refractivity (Wildman–Crippen MR) is 276 cm³/mol. The van der Waals surface area contributed by atoms with Gasteiger partial charge in [-0.2, -0.15) is 0 Å². The minimum absolute atomic E-state index is 0.0653. The summed E-state index contributed by atoms with van der Waals surface area (Å²) in [5, 5.41) is 23.2. The summed E-state index contributed by atoms with van der Waals surface area (Å²) < 4.78 is 0. The molecule has 0 aromatic rings. The van der Waals surface area contributed by atoms with Gasteiger partial charge < -0.3 is 15.5 Å². The molecule has 2 atom stereocenters. The summed E-state index contributed by atoms with van der Waals surface area (Å²) >= 11 is 0. The standard InChI is InChI=1S/C58H105NO3/c1-3-5-7-9-11-13-15-17-19-21-23-25-26-27-28-29-30-31-32-34-36-38-40-42-44-46-48-50-52-54-58(62)59-56(55-60)57(61)53-51-49-47-45-43-41-39-37-35-33-24-22-20-18-16-14-12-10-8-6-4-2/h5,7,11,13,17,19,23,25,27-28,51,53,56-57,60-61H,3-4,6,8-10,12,14-16,18,20-22,24,26,29-50,52,54-55H2,1-2H3,(H,59,62)/b7-5-,13-11-,19-17-,25-23-,28-27-,53-51+. The fraction of sp³-hybridized carbons (Fsp3) is 0.776. The van der Waals surface area contributed by atoms with Crippen LogP contribution in [0.15, 0.2) is 72.9 Å². The summed E-state index contributed by atoms with van der Waals surface area (Å²) in [5.41, 5.74) is 0. The van der Waals surface area contributed by atoms with Gasteiger partial charge in [-0.25, -0.2) is 0 Å². The third-order valence-corrected chi connectivity index (χ3v) is 12.2. The van der Waals surface area contributed by atoms with Gasteiger partial charge >= 0.3 is 0 Å². The maximum absolute atomic E-state index is 12.5. The highest BCUT2D eigenvalue weighted by Gasteiger charge is 2.18. The first-order valence-corrected chi connectivity index (χ1v) is 27.2. The van der Waals surface area contributed by atoms with Crippen LogP contribution in [0.25, 0.3) is 0 Å². The molecule has 360 valence electrons. The van der Waals surface area contributed by atoms with Gasteiger partial charge in [0.1, 0.15) is 0 Å². The first-order valence-electron chi connectivity index (χ1n) is 27.2. The number of hydrogen-bond acceptors (Lipinski definition) is 3. The first-order chi connectivity index (χ1) is 30.7. The van der Waals surface area contributed by atoms with Crippen molar-refractivity contribution in [2.45, 2.75) is 283 Å². The number of carbonyl (C=O) groups is 1. The Labute approximate surface area is 387 Å². The molecule has 2 unspecified atom stereocenters. The Morgan fingerprint density at radius 1 is 0.403 bits per heavy atom. The van der Waals surface area contributed by atoms with Crippen LogP contribution < -0.4 is 5.32 Å². The summed E-state index contributed by atoms with van der Waals surface area (Å²) in [6.07, 6.45) is 76.2. The zero-order valence-corrected chi connectivity index (χ0v) is 41.4. The molecular formula is C58H105NO3. The number of rotatable bonds is 49. The smallest absolute Gasteiger partial charge is 0.220 e. The number of aliphatic hydroxyl groups excluding tert-OH is 2. The molecule has 0 heterocycles.